The van der Waals surface area contributed by atoms with Crippen molar-refractivity contribution < 1.29 is 4.74 Å². The summed E-state index contributed by atoms with van der Waals surface area (Å²) in [7, 11) is 1.73. The molecule has 1 heterocycles. The molecule has 1 N–H and O–H groups in total. The predicted octanol–water partition coefficient (Wildman–Crippen LogP) is 2.25. The molecule has 0 spiro atoms. The van der Waals surface area contributed by atoms with Crippen molar-refractivity contribution in [2.45, 2.75) is 45.8 Å². The number of nitrogens with one attached hydrogen (secondary N) is 1. The maximum Gasteiger partial charge on any atom is 0.160 e. The number of rotatable bonds is 7. The fourth-order valence-corrected chi connectivity index (χ4v) is 1.91. The summed E-state index contributed by atoms with van der Waals surface area (Å²) in [5.74, 6) is 0.792. The minimum absolute atomic E-state index is 0.345. The van der Waals surface area contributed by atoms with E-state index in [9.17, 15) is 0 Å². The van der Waals surface area contributed by atoms with Crippen LogP contribution < -0.4 is 5.32 Å². The van der Waals surface area contributed by atoms with Crippen LogP contribution in [0.4, 0.5) is 0 Å². The van der Waals surface area contributed by atoms with Gasteiger partial charge in [-0.15, -0.1) is 0 Å². The molecule has 0 aliphatic heterocycles. The van der Waals surface area contributed by atoms with Gasteiger partial charge in [0.1, 0.15) is 5.60 Å². The van der Waals surface area contributed by atoms with Crippen LogP contribution in [-0.2, 0) is 16.9 Å². The normalized spacial score (nSPS) is 11.8. The lowest BCUT2D eigenvalue weighted by molar-refractivity contribution is -0.0293. The topological polar surface area (TPSA) is 47.0 Å². The molecular formula is C13H23N3O. The average Bonchev–Trinajstić information content (AvgIpc) is 2.40. The molecule has 4 nitrogen and oxygen atoms in total. The molecule has 0 amide bonds. The molecule has 0 bridgehead atoms. The molecule has 0 unspecified atom stereocenters. The summed E-state index contributed by atoms with van der Waals surface area (Å²) in [6, 6.07) is 1.94. The van der Waals surface area contributed by atoms with Gasteiger partial charge in [0.25, 0.3) is 0 Å². The molecule has 0 aliphatic carbocycles. The Hall–Kier alpha value is -1.00. The van der Waals surface area contributed by atoms with Crippen LogP contribution in [0.2, 0.25) is 0 Å². The molecule has 0 fully saturated rings. The van der Waals surface area contributed by atoms with Crippen molar-refractivity contribution in [1.29, 1.82) is 0 Å². The van der Waals surface area contributed by atoms with Gasteiger partial charge in [0.15, 0.2) is 5.82 Å². The fourth-order valence-electron chi connectivity index (χ4n) is 1.91. The molecule has 0 saturated heterocycles. The summed E-state index contributed by atoms with van der Waals surface area (Å²) < 4.78 is 5.64. The van der Waals surface area contributed by atoms with Gasteiger partial charge in [0.05, 0.1) is 5.69 Å². The minimum Gasteiger partial charge on any atom is -0.370 e. The lowest BCUT2D eigenvalue weighted by Gasteiger charge is -2.28. The van der Waals surface area contributed by atoms with Crippen LogP contribution in [0.25, 0.3) is 0 Å². The minimum atomic E-state index is -0.345. The van der Waals surface area contributed by atoms with Gasteiger partial charge in [-0.25, -0.2) is 9.97 Å². The maximum absolute atomic E-state index is 5.64. The van der Waals surface area contributed by atoms with E-state index in [0.29, 0.717) is 0 Å². The first-order valence-corrected chi connectivity index (χ1v) is 6.30. The van der Waals surface area contributed by atoms with Gasteiger partial charge in [-0.2, -0.15) is 0 Å². The lowest BCUT2D eigenvalue weighted by Crippen LogP contribution is -2.30. The molecule has 96 valence electrons. The van der Waals surface area contributed by atoms with E-state index in [-0.39, 0.29) is 5.60 Å². The third-order valence-corrected chi connectivity index (χ3v) is 3.21. The Labute approximate surface area is 104 Å². The zero-order chi connectivity index (χ0) is 12.7. The van der Waals surface area contributed by atoms with Gasteiger partial charge < -0.3 is 10.1 Å². The highest BCUT2D eigenvalue weighted by atomic mass is 16.5. The molecule has 0 saturated carbocycles. The molecule has 0 aliphatic rings. The third-order valence-electron chi connectivity index (χ3n) is 3.21. The fraction of sp³-hybridized carbons (Fsp3) is 0.692. The molecule has 17 heavy (non-hydrogen) atoms. The number of nitrogens with zero attached hydrogens (tertiary/aromatic N) is 2. The highest BCUT2D eigenvalue weighted by Crippen LogP contribution is 2.29. The first kappa shape index (κ1) is 14.1. The molecule has 1 aromatic heterocycles. The Kier molecular flexibility index (Phi) is 5.51. The first-order valence-electron chi connectivity index (χ1n) is 6.30. The van der Waals surface area contributed by atoms with Gasteiger partial charge in [0, 0.05) is 19.9 Å². The number of aromatic nitrogens is 2. The van der Waals surface area contributed by atoms with Crippen LogP contribution in [0.3, 0.4) is 0 Å². The van der Waals surface area contributed by atoms with Crippen molar-refractivity contribution in [2.75, 3.05) is 13.7 Å². The highest BCUT2D eigenvalue weighted by Gasteiger charge is 2.31. The summed E-state index contributed by atoms with van der Waals surface area (Å²) in [6.07, 6.45) is 3.57. The zero-order valence-electron chi connectivity index (χ0n) is 11.3. The Balaban J connectivity index is 2.96. The van der Waals surface area contributed by atoms with E-state index >= 15 is 0 Å². The highest BCUT2D eigenvalue weighted by molar-refractivity contribution is 5.08. The first-order chi connectivity index (χ1) is 8.22. The number of ether oxygens (including phenoxy) is 1. The third kappa shape index (κ3) is 3.23. The average molecular weight is 237 g/mol. The summed E-state index contributed by atoms with van der Waals surface area (Å²) in [5.41, 5.74) is 0.669. The number of hydrogen-bond donors (Lipinski definition) is 1. The van der Waals surface area contributed by atoms with E-state index in [1.54, 1.807) is 7.11 Å². The van der Waals surface area contributed by atoms with E-state index in [1.807, 2.05) is 12.3 Å². The summed E-state index contributed by atoms with van der Waals surface area (Å²) in [4.78, 5) is 8.97. The summed E-state index contributed by atoms with van der Waals surface area (Å²) >= 11 is 0. The number of methoxy groups -OCH3 is 1. The Morgan fingerprint density at radius 3 is 2.53 bits per heavy atom. The van der Waals surface area contributed by atoms with Crippen molar-refractivity contribution in [3.8, 4) is 0 Å². The second-order valence-corrected chi connectivity index (χ2v) is 4.06. The Bertz CT molecular complexity index is 329. The van der Waals surface area contributed by atoms with Gasteiger partial charge >= 0.3 is 0 Å². The molecule has 4 heteroatoms. The molecule has 0 atom stereocenters. The summed E-state index contributed by atoms with van der Waals surface area (Å²) in [5, 5.41) is 3.27. The standard InChI is InChI=1S/C13H23N3O/c1-5-13(6-2,17-4)12-15-9-8-11(16-12)10-14-7-3/h8-9,14H,5-7,10H2,1-4H3. The van der Waals surface area contributed by atoms with Crippen molar-refractivity contribution >= 4 is 0 Å². The predicted molar refractivity (Wildman–Crippen MR) is 68.7 cm³/mol. The molecule has 1 aromatic rings. The largest absolute Gasteiger partial charge is 0.370 e. The second kappa shape index (κ2) is 6.67. The Morgan fingerprint density at radius 1 is 1.29 bits per heavy atom. The van der Waals surface area contributed by atoms with Crippen LogP contribution in [0.1, 0.15) is 45.1 Å². The van der Waals surface area contributed by atoms with Gasteiger partial charge in [-0.05, 0) is 25.5 Å². The zero-order valence-corrected chi connectivity index (χ0v) is 11.3. The molecule has 0 radical (unpaired) electrons. The molecule has 1 rings (SSSR count). The smallest absolute Gasteiger partial charge is 0.160 e. The molecule has 0 aromatic carbocycles. The summed E-state index contributed by atoms with van der Waals surface area (Å²) in [6.45, 7) is 8.01. The van der Waals surface area contributed by atoms with Crippen molar-refractivity contribution in [1.82, 2.24) is 15.3 Å². The Morgan fingerprint density at radius 2 is 2.00 bits per heavy atom. The van der Waals surface area contributed by atoms with Gasteiger partial charge in [-0.3, -0.25) is 0 Å². The lowest BCUT2D eigenvalue weighted by atomic mass is 9.96. The van der Waals surface area contributed by atoms with Crippen LogP contribution in [0.5, 0.6) is 0 Å². The van der Waals surface area contributed by atoms with Crippen molar-refractivity contribution in [3.05, 3.63) is 23.8 Å². The van der Waals surface area contributed by atoms with E-state index in [0.717, 1.165) is 37.4 Å². The molecular weight excluding hydrogens is 214 g/mol. The van der Waals surface area contributed by atoms with Crippen molar-refractivity contribution in [3.63, 3.8) is 0 Å². The van der Waals surface area contributed by atoms with E-state index < -0.39 is 0 Å². The second-order valence-electron chi connectivity index (χ2n) is 4.06. The van der Waals surface area contributed by atoms with Crippen molar-refractivity contribution in [2.24, 2.45) is 0 Å². The van der Waals surface area contributed by atoms with Crippen LogP contribution in [0, 0.1) is 0 Å². The van der Waals surface area contributed by atoms with Crippen LogP contribution in [-0.4, -0.2) is 23.6 Å². The monoisotopic (exact) mass is 237 g/mol. The quantitative estimate of drug-likeness (QED) is 0.790. The van der Waals surface area contributed by atoms with Crippen LogP contribution in [0.15, 0.2) is 12.3 Å². The van der Waals surface area contributed by atoms with E-state index in [1.165, 1.54) is 0 Å². The van der Waals surface area contributed by atoms with Gasteiger partial charge in [-0.1, -0.05) is 20.8 Å². The van der Waals surface area contributed by atoms with Gasteiger partial charge in [0.2, 0.25) is 0 Å². The van der Waals surface area contributed by atoms with E-state index in [2.05, 4.69) is 36.1 Å². The van der Waals surface area contributed by atoms with Crippen LogP contribution >= 0.6 is 0 Å². The SMILES string of the molecule is CCNCc1ccnc(C(CC)(CC)OC)n1. The number of hydrogen-bond acceptors (Lipinski definition) is 4. The maximum atomic E-state index is 5.64. The van der Waals surface area contributed by atoms with E-state index in [4.69, 9.17) is 4.74 Å².